The second-order valence-corrected chi connectivity index (χ2v) is 6.56. The summed E-state index contributed by atoms with van der Waals surface area (Å²) in [6, 6.07) is 7.94. The number of carboxylic acid groups (broad SMARTS) is 1. The lowest BCUT2D eigenvalue weighted by atomic mass is 10.1. The lowest BCUT2D eigenvalue weighted by Crippen LogP contribution is -2.42. The first kappa shape index (κ1) is 17.1. The van der Waals surface area contributed by atoms with Gasteiger partial charge in [0.1, 0.15) is 0 Å². The maximum atomic E-state index is 12.5. The topological polar surface area (TPSA) is 60.9 Å². The molecule has 0 radical (unpaired) electrons. The van der Waals surface area contributed by atoms with Gasteiger partial charge in [0.05, 0.1) is 18.2 Å². The number of nitrogens with zero attached hydrogens (tertiary/aromatic N) is 2. The number of thioether (sulfide) groups is 1. The molecule has 1 aromatic carbocycles. The molecule has 0 aromatic heterocycles. The molecular formula is C15H19ClN2O3S. The molecule has 1 aromatic rings. The van der Waals surface area contributed by atoms with Gasteiger partial charge in [0.2, 0.25) is 5.91 Å². The van der Waals surface area contributed by atoms with E-state index in [1.807, 2.05) is 34.1 Å². The number of anilines is 1. The number of fused-ring (bicyclic) bond motifs is 1. The number of likely N-dealkylation sites (tertiary alicyclic amines) is 1. The molecule has 1 atom stereocenters. The molecular weight excluding hydrogens is 324 g/mol. The number of amides is 1. The molecule has 0 saturated carbocycles. The molecule has 1 amide bonds. The van der Waals surface area contributed by atoms with E-state index in [2.05, 4.69) is 0 Å². The van der Waals surface area contributed by atoms with Gasteiger partial charge in [-0.2, -0.15) is 0 Å². The number of para-hydroxylation sites is 1. The van der Waals surface area contributed by atoms with Crippen LogP contribution in [0, 0.1) is 5.92 Å². The molecule has 7 heteroatoms. The van der Waals surface area contributed by atoms with Crippen molar-refractivity contribution < 1.29 is 14.7 Å². The number of carbonyl (C=O) groups excluding carboxylic acids is 1. The van der Waals surface area contributed by atoms with Gasteiger partial charge in [-0.1, -0.05) is 12.1 Å². The standard InChI is InChI=1S/C15H18N2O3S.ClH/c18-14(10-16-6-5-11(9-16)15(19)20)17-7-8-21-13-4-2-1-3-12(13)17;/h1-4,11H,5-10H2,(H,19,20);1H. The van der Waals surface area contributed by atoms with Crippen LogP contribution in [0.5, 0.6) is 0 Å². The van der Waals surface area contributed by atoms with E-state index in [4.69, 9.17) is 5.11 Å². The van der Waals surface area contributed by atoms with Gasteiger partial charge >= 0.3 is 5.97 Å². The molecule has 5 nitrogen and oxygen atoms in total. The first-order valence-electron chi connectivity index (χ1n) is 7.12. The number of aliphatic carboxylic acids is 1. The second kappa shape index (κ2) is 7.35. The molecule has 2 aliphatic heterocycles. The summed E-state index contributed by atoms with van der Waals surface area (Å²) >= 11 is 1.77. The number of rotatable bonds is 3. The number of carbonyl (C=O) groups is 2. The Balaban J connectivity index is 0.00000176. The maximum Gasteiger partial charge on any atom is 0.307 e. The van der Waals surface area contributed by atoms with Crippen molar-refractivity contribution in [2.24, 2.45) is 5.92 Å². The monoisotopic (exact) mass is 342 g/mol. The van der Waals surface area contributed by atoms with Gasteiger partial charge in [-0.05, 0) is 25.1 Å². The van der Waals surface area contributed by atoms with E-state index in [-0.39, 0.29) is 24.2 Å². The van der Waals surface area contributed by atoms with Crippen molar-refractivity contribution >= 4 is 41.7 Å². The van der Waals surface area contributed by atoms with Crippen LogP contribution in [0.25, 0.3) is 0 Å². The fraction of sp³-hybridized carbons (Fsp3) is 0.467. The van der Waals surface area contributed by atoms with Crippen molar-refractivity contribution in [2.75, 3.05) is 36.8 Å². The quantitative estimate of drug-likeness (QED) is 0.909. The van der Waals surface area contributed by atoms with Gasteiger partial charge in [0, 0.05) is 23.7 Å². The Labute approximate surface area is 140 Å². The molecule has 1 saturated heterocycles. The SMILES string of the molecule is Cl.O=C(O)C1CCN(CC(=O)N2CCSc3ccccc32)C1. The summed E-state index contributed by atoms with van der Waals surface area (Å²) in [5.41, 5.74) is 0.979. The third-order valence-corrected chi connectivity index (χ3v) is 5.05. The average Bonchev–Trinajstić information content (AvgIpc) is 2.95. The normalized spacial score (nSPS) is 21.1. The zero-order valence-corrected chi connectivity index (χ0v) is 13.7. The smallest absolute Gasteiger partial charge is 0.307 e. The molecule has 1 fully saturated rings. The van der Waals surface area contributed by atoms with E-state index in [9.17, 15) is 9.59 Å². The summed E-state index contributed by atoms with van der Waals surface area (Å²) in [5.74, 6) is -0.124. The summed E-state index contributed by atoms with van der Waals surface area (Å²) < 4.78 is 0. The largest absolute Gasteiger partial charge is 0.481 e. The predicted molar refractivity (Wildman–Crippen MR) is 88.9 cm³/mol. The first-order valence-corrected chi connectivity index (χ1v) is 8.11. The van der Waals surface area contributed by atoms with E-state index < -0.39 is 5.97 Å². The molecule has 3 rings (SSSR count). The number of hydrogen-bond donors (Lipinski definition) is 1. The summed E-state index contributed by atoms with van der Waals surface area (Å²) in [6.45, 7) is 2.19. The summed E-state index contributed by atoms with van der Waals surface area (Å²) in [4.78, 5) is 28.4. The zero-order chi connectivity index (χ0) is 14.8. The Bertz CT molecular complexity index is 569. The zero-order valence-electron chi connectivity index (χ0n) is 12.1. The van der Waals surface area contributed by atoms with Crippen LogP contribution in [0.1, 0.15) is 6.42 Å². The fourth-order valence-electron chi connectivity index (χ4n) is 2.88. The summed E-state index contributed by atoms with van der Waals surface area (Å²) in [7, 11) is 0. The Morgan fingerprint density at radius 3 is 2.77 bits per heavy atom. The van der Waals surface area contributed by atoms with Crippen LogP contribution >= 0.6 is 24.2 Å². The van der Waals surface area contributed by atoms with Crippen LogP contribution in [0.15, 0.2) is 29.2 Å². The molecule has 2 heterocycles. The van der Waals surface area contributed by atoms with Crippen LogP contribution in [-0.2, 0) is 9.59 Å². The maximum absolute atomic E-state index is 12.5. The number of benzene rings is 1. The summed E-state index contributed by atoms with van der Waals surface area (Å²) in [5, 5.41) is 9.02. The Morgan fingerprint density at radius 1 is 1.27 bits per heavy atom. The highest BCUT2D eigenvalue weighted by Crippen LogP contribution is 2.34. The lowest BCUT2D eigenvalue weighted by Gasteiger charge is -2.30. The van der Waals surface area contributed by atoms with Crippen LogP contribution in [-0.4, -0.2) is 53.8 Å². The molecule has 0 aliphatic carbocycles. The minimum absolute atomic E-state index is 0. The van der Waals surface area contributed by atoms with E-state index in [1.165, 1.54) is 0 Å². The molecule has 0 spiro atoms. The molecule has 0 bridgehead atoms. The van der Waals surface area contributed by atoms with Gasteiger partial charge in [-0.15, -0.1) is 24.2 Å². The van der Waals surface area contributed by atoms with E-state index >= 15 is 0 Å². The van der Waals surface area contributed by atoms with Crippen LogP contribution in [0.4, 0.5) is 5.69 Å². The minimum atomic E-state index is -0.760. The van der Waals surface area contributed by atoms with Crippen molar-refractivity contribution in [3.05, 3.63) is 24.3 Å². The van der Waals surface area contributed by atoms with E-state index in [1.54, 1.807) is 11.8 Å². The lowest BCUT2D eigenvalue weighted by molar-refractivity contribution is -0.141. The van der Waals surface area contributed by atoms with Crippen molar-refractivity contribution in [3.8, 4) is 0 Å². The minimum Gasteiger partial charge on any atom is -0.481 e. The van der Waals surface area contributed by atoms with Gasteiger partial charge in [-0.25, -0.2) is 0 Å². The van der Waals surface area contributed by atoms with Crippen molar-refractivity contribution in [1.29, 1.82) is 0 Å². The van der Waals surface area contributed by atoms with Crippen molar-refractivity contribution in [3.63, 3.8) is 0 Å². The number of carboxylic acids is 1. The molecule has 2 aliphatic rings. The van der Waals surface area contributed by atoms with Crippen molar-refractivity contribution in [1.82, 2.24) is 4.90 Å². The molecule has 120 valence electrons. The number of halogens is 1. The highest BCUT2D eigenvalue weighted by molar-refractivity contribution is 7.99. The predicted octanol–water partition coefficient (Wildman–Crippen LogP) is 1.95. The first-order chi connectivity index (χ1) is 10.1. The van der Waals surface area contributed by atoms with Crippen molar-refractivity contribution in [2.45, 2.75) is 11.3 Å². The van der Waals surface area contributed by atoms with Crippen LogP contribution in [0.2, 0.25) is 0 Å². The fourth-order valence-corrected chi connectivity index (χ4v) is 3.88. The highest BCUT2D eigenvalue weighted by atomic mass is 35.5. The average molecular weight is 343 g/mol. The second-order valence-electron chi connectivity index (χ2n) is 5.42. The molecule has 1 unspecified atom stereocenters. The summed E-state index contributed by atoms with van der Waals surface area (Å²) in [6.07, 6.45) is 0.634. The third-order valence-electron chi connectivity index (χ3n) is 4.01. The van der Waals surface area contributed by atoms with Crippen LogP contribution < -0.4 is 4.90 Å². The Morgan fingerprint density at radius 2 is 2.05 bits per heavy atom. The van der Waals surface area contributed by atoms with Crippen LogP contribution in [0.3, 0.4) is 0 Å². The van der Waals surface area contributed by atoms with E-state index in [0.29, 0.717) is 26.1 Å². The Kier molecular flexibility index (Phi) is 5.72. The molecule has 22 heavy (non-hydrogen) atoms. The van der Waals surface area contributed by atoms with E-state index in [0.717, 1.165) is 22.9 Å². The third kappa shape index (κ3) is 3.56. The number of hydrogen-bond acceptors (Lipinski definition) is 4. The van der Waals surface area contributed by atoms with Gasteiger partial charge in [0.15, 0.2) is 0 Å². The molecule has 1 N–H and O–H groups in total. The van der Waals surface area contributed by atoms with Gasteiger partial charge < -0.3 is 10.0 Å². The van der Waals surface area contributed by atoms with Gasteiger partial charge in [-0.3, -0.25) is 14.5 Å². The Hall–Kier alpha value is -1.24. The van der Waals surface area contributed by atoms with Gasteiger partial charge in [0.25, 0.3) is 0 Å². The highest BCUT2D eigenvalue weighted by Gasteiger charge is 2.31.